The number of amides is 1. The van der Waals surface area contributed by atoms with Crippen molar-refractivity contribution in [3.63, 3.8) is 0 Å². The van der Waals surface area contributed by atoms with Gasteiger partial charge in [0.15, 0.2) is 6.61 Å². The van der Waals surface area contributed by atoms with Crippen LogP contribution in [0.2, 0.25) is 5.02 Å². The van der Waals surface area contributed by atoms with E-state index in [4.69, 9.17) is 16.3 Å². The lowest BCUT2D eigenvalue weighted by atomic mass is 10.2. The Balaban J connectivity index is 1.75. The van der Waals surface area contributed by atoms with E-state index in [1.807, 2.05) is 19.1 Å². The van der Waals surface area contributed by atoms with Gasteiger partial charge in [0.25, 0.3) is 15.9 Å². The molecule has 0 aliphatic heterocycles. The Bertz CT molecular complexity index is 1300. The first-order valence-electron chi connectivity index (χ1n) is 9.66. The van der Waals surface area contributed by atoms with E-state index < -0.39 is 34.3 Å². The molecule has 0 aliphatic carbocycles. The second-order valence-electron chi connectivity index (χ2n) is 7.03. The number of hydrogen-bond acceptors (Lipinski definition) is 5. The minimum atomic E-state index is -4.09. The molecule has 0 radical (unpaired) electrons. The molecule has 0 bridgehead atoms. The van der Waals surface area contributed by atoms with Gasteiger partial charge >= 0.3 is 5.97 Å². The normalized spacial score (nSPS) is 11.0. The molecule has 3 aromatic rings. The smallest absolute Gasteiger partial charge is 0.340 e. The predicted octanol–water partition coefficient (Wildman–Crippen LogP) is 4.41. The molecular formula is C23H20ClFN2O5S. The van der Waals surface area contributed by atoms with Gasteiger partial charge in [-0.15, -0.1) is 0 Å². The summed E-state index contributed by atoms with van der Waals surface area (Å²) in [6.45, 7) is 1.23. The molecule has 0 aliphatic rings. The number of aryl methyl sites for hydroxylation is 1. The highest BCUT2D eigenvalue weighted by molar-refractivity contribution is 7.92. The number of para-hydroxylation sites is 1. The molecule has 7 nitrogen and oxygen atoms in total. The molecule has 33 heavy (non-hydrogen) atoms. The lowest BCUT2D eigenvalue weighted by Crippen LogP contribution is -2.27. The van der Waals surface area contributed by atoms with Gasteiger partial charge in [0.2, 0.25) is 0 Å². The number of hydrogen-bond donors (Lipinski definition) is 1. The van der Waals surface area contributed by atoms with Crippen LogP contribution in [0.15, 0.2) is 71.6 Å². The van der Waals surface area contributed by atoms with E-state index in [1.165, 1.54) is 31.3 Å². The van der Waals surface area contributed by atoms with Crippen molar-refractivity contribution in [3.05, 3.63) is 88.7 Å². The Hall–Kier alpha value is -3.43. The first kappa shape index (κ1) is 24.2. The van der Waals surface area contributed by atoms with Gasteiger partial charge in [-0.3, -0.25) is 9.10 Å². The van der Waals surface area contributed by atoms with E-state index in [9.17, 15) is 22.4 Å². The third-order valence-corrected chi connectivity index (χ3v) is 6.87. The molecule has 172 valence electrons. The fourth-order valence-electron chi connectivity index (χ4n) is 2.88. The Kier molecular flexibility index (Phi) is 7.35. The van der Waals surface area contributed by atoms with Crippen molar-refractivity contribution in [1.82, 2.24) is 0 Å². The maximum Gasteiger partial charge on any atom is 0.340 e. The van der Waals surface area contributed by atoms with Gasteiger partial charge in [-0.1, -0.05) is 29.8 Å². The second kappa shape index (κ2) is 10.0. The van der Waals surface area contributed by atoms with E-state index in [1.54, 1.807) is 12.1 Å². The third kappa shape index (κ3) is 5.68. The van der Waals surface area contributed by atoms with Crippen LogP contribution in [0.25, 0.3) is 0 Å². The first-order valence-corrected chi connectivity index (χ1v) is 11.5. The molecule has 0 saturated carbocycles. The summed E-state index contributed by atoms with van der Waals surface area (Å²) in [6.07, 6.45) is 0. The van der Waals surface area contributed by atoms with Crippen LogP contribution < -0.4 is 9.62 Å². The number of ether oxygens (including phenoxy) is 1. The largest absolute Gasteiger partial charge is 0.452 e. The van der Waals surface area contributed by atoms with E-state index in [2.05, 4.69) is 5.32 Å². The summed E-state index contributed by atoms with van der Waals surface area (Å²) in [5, 5.41) is 2.59. The van der Waals surface area contributed by atoms with Crippen LogP contribution in [0.5, 0.6) is 0 Å². The SMILES string of the molecule is Cc1ccccc1NC(=O)COC(=O)c1cc(S(=O)(=O)N(C)c2ccc(F)cc2)ccc1Cl. The van der Waals surface area contributed by atoms with Crippen molar-refractivity contribution in [2.45, 2.75) is 11.8 Å². The van der Waals surface area contributed by atoms with Gasteiger partial charge < -0.3 is 10.1 Å². The van der Waals surface area contributed by atoms with E-state index in [0.29, 0.717) is 5.69 Å². The van der Waals surface area contributed by atoms with Crippen molar-refractivity contribution in [2.24, 2.45) is 0 Å². The van der Waals surface area contributed by atoms with Crippen LogP contribution in [0, 0.1) is 12.7 Å². The van der Waals surface area contributed by atoms with E-state index in [0.717, 1.165) is 28.1 Å². The highest BCUT2D eigenvalue weighted by atomic mass is 35.5. The zero-order chi connectivity index (χ0) is 24.2. The second-order valence-corrected chi connectivity index (χ2v) is 9.41. The summed E-state index contributed by atoms with van der Waals surface area (Å²) in [6, 6.07) is 15.5. The summed E-state index contributed by atoms with van der Waals surface area (Å²) < 4.78 is 45.1. The van der Waals surface area contributed by atoms with Crippen molar-refractivity contribution in [3.8, 4) is 0 Å². The summed E-state index contributed by atoms with van der Waals surface area (Å²) in [7, 11) is -2.79. The molecule has 0 unspecified atom stereocenters. The number of carbonyl (C=O) groups excluding carboxylic acids is 2. The molecule has 10 heteroatoms. The van der Waals surface area contributed by atoms with Crippen LogP contribution in [0.4, 0.5) is 15.8 Å². The van der Waals surface area contributed by atoms with Crippen LogP contribution in [0.1, 0.15) is 15.9 Å². The van der Waals surface area contributed by atoms with Crippen molar-refractivity contribution in [1.29, 1.82) is 0 Å². The Morgan fingerprint density at radius 1 is 1.06 bits per heavy atom. The average Bonchev–Trinajstić information content (AvgIpc) is 2.79. The number of benzene rings is 3. The molecular weight excluding hydrogens is 471 g/mol. The fraction of sp³-hybridized carbons (Fsp3) is 0.130. The molecule has 0 heterocycles. The average molecular weight is 491 g/mol. The molecule has 3 rings (SSSR count). The molecule has 0 saturated heterocycles. The number of rotatable bonds is 7. The number of halogens is 2. The third-order valence-electron chi connectivity index (χ3n) is 4.76. The number of esters is 1. The summed E-state index contributed by atoms with van der Waals surface area (Å²) in [5.41, 5.74) is 1.43. The maximum atomic E-state index is 13.2. The molecule has 1 N–H and O–H groups in total. The monoisotopic (exact) mass is 490 g/mol. The standard InChI is InChI=1S/C23H20ClFN2O5S/c1-15-5-3-4-6-21(15)26-22(28)14-32-23(29)19-13-18(11-12-20(19)24)33(30,31)27(2)17-9-7-16(25)8-10-17/h3-13H,14H2,1-2H3,(H,26,28). The van der Waals surface area contributed by atoms with Gasteiger partial charge in [-0.2, -0.15) is 0 Å². The fourth-order valence-corrected chi connectivity index (χ4v) is 4.29. The van der Waals surface area contributed by atoms with Gasteiger partial charge in [-0.25, -0.2) is 17.6 Å². The number of nitrogens with one attached hydrogen (secondary N) is 1. The lowest BCUT2D eigenvalue weighted by molar-refractivity contribution is -0.119. The molecule has 0 fully saturated rings. The summed E-state index contributed by atoms with van der Waals surface area (Å²) >= 11 is 6.07. The Morgan fingerprint density at radius 2 is 1.73 bits per heavy atom. The van der Waals surface area contributed by atoms with Crippen LogP contribution in [-0.2, 0) is 19.6 Å². The van der Waals surface area contributed by atoms with Crippen LogP contribution in [-0.4, -0.2) is 33.9 Å². The number of nitrogens with zero attached hydrogens (tertiary/aromatic N) is 1. The number of sulfonamides is 1. The molecule has 0 aromatic heterocycles. The molecule has 0 spiro atoms. The predicted molar refractivity (Wildman–Crippen MR) is 124 cm³/mol. The minimum absolute atomic E-state index is 0.0392. The zero-order valence-electron chi connectivity index (χ0n) is 17.7. The topological polar surface area (TPSA) is 92.8 Å². The van der Waals surface area contributed by atoms with Gasteiger partial charge in [-0.05, 0) is 61.0 Å². The zero-order valence-corrected chi connectivity index (χ0v) is 19.3. The molecule has 3 aromatic carbocycles. The highest BCUT2D eigenvalue weighted by Gasteiger charge is 2.24. The van der Waals surface area contributed by atoms with Gasteiger partial charge in [0.1, 0.15) is 5.82 Å². The minimum Gasteiger partial charge on any atom is -0.452 e. The maximum absolute atomic E-state index is 13.2. The molecule has 1 amide bonds. The Morgan fingerprint density at radius 3 is 2.39 bits per heavy atom. The van der Waals surface area contributed by atoms with Crippen LogP contribution >= 0.6 is 11.6 Å². The van der Waals surface area contributed by atoms with E-state index >= 15 is 0 Å². The number of carbonyl (C=O) groups is 2. The van der Waals surface area contributed by atoms with E-state index in [-0.39, 0.29) is 21.2 Å². The summed E-state index contributed by atoms with van der Waals surface area (Å²) in [5.74, 6) is -2.03. The van der Waals surface area contributed by atoms with Crippen molar-refractivity contribution < 1.29 is 27.1 Å². The highest BCUT2D eigenvalue weighted by Crippen LogP contribution is 2.26. The van der Waals surface area contributed by atoms with Gasteiger partial charge in [0.05, 0.1) is 21.2 Å². The quantitative estimate of drug-likeness (QED) is 0.495. The molecule has 0 atom stereocenters. The first-order chi connectivity index (χ1) is 15.6. The lowest BCUT2D eigenvalue weighted by Gasteiger charge is -2.20. The van der Waals surface area contributed by atoms with Crippen molar-refractivity contribution >= 4 is 44.9 Å². The Labute approximate surface area is 195 Å². The van der Waals surface area contributed by atoms with Crippen LogP contribution in [0.3, 0.4) is 0 Å². The van der Waals surface area contributed by atoms with Crippen molar-refractivity contribution in [2.75, 3.05) is 23.3 Å². The van der Waals surface area contributed by atoms with Gasteiger partial charge in [0, 0.05) is 12.7 Å². The summed E-state index contributed by atoms with van der Waals surface area (Å²) in [4.78, 5) is 24.4. The number of anilines is 2.